The van der Waals surface area contributed by atoms with Gasteiger partial charge in [-0.3, -0.25) is 4.98 Å². The fourth-order valence-electron chi connectivity index (χ4n) is 4.42. The van der Waals surface area contributed by atoms with Gasteiger partial charge in [0.2, 0.25) is 0 Å². The summed E-state index contributed by atoms with van der Waals surface area (Å²) in [6, 6.07) is 12.4. The molecule has 0 fully saturated rings. The maximum Gasteiger partial charge on any atom is 0.364 e. The topological polar surface area (TPSA) is 61.3 Å². The average molecular weight is 535 g/mol. The monoisotopic (exact) mass is 534 g/mol. The number of unbranched alkanes of at least 4 members (excludes halogenated alkanes) is 10. The van der Waals surface area contributed by atoms with E-state index in [4.69, 9.17) is 9.47 Å². The molecule has 3 rings (SSSR count). The first-order valence-corrected chi connectivity index (χ1v) is 14.7. The Labute approximate surface area is 233 Å². The van der Waals surface area contributed by atoms with Crippen molar-refractivity contribution in [2.45, 2.75) is 97.3 Å². The van der Waals surface area contributed by atoms with Crippen LogP contribution < -0.4 is 9.47 Å². The van der Waals surface area contributed by atoms with Crippen LogP contribution in [0.25, 0.3) is 11.3 Å². The number of benzene rings is 2. The molecule has 3 aromatic rings. The summed E-state index contributed by atoms with van der Waals surface area (Å²) in [5.74, 6) is -0.570. The summed E-state index contributed by atoms with van der Waals surface area (Å²) in [5, 5.41) is 0. The Bertz CT molecular complexity index is 1120. The van der Waals surface area contributed by atoms with Crippen molar-refractivity contribution in [3.05, 3.63) is 71.9 Å². The maximum absolute atomic E-state index is 14.6. The normalized spacial score (nSPS) is 10.9. The highest BCUT2D eigenvalue weighted by molar-refractivity contribution is 5.88. The number of esters is 1. The van der Waals surface area contributed by atoms with Gasteiger partial charge in [0, 0.05) is 5.56 Å². The molecule has 0 saturated heterocycles. The van der Waals surface area contributed by atoms with Gasteiger partial charge in [0.05, 0.1) is 24.7 Å². The minimum absolute atomic E-state index is 0.0215. The summed E-state index contributed by atoms with van der Waals surface area (Å²) < 4.78 is 25.7. The second-order valence-electron chi connectivity index (χ2n) is 10.1. The lowest BCUT2D eigenvalue weighted by Crippen LogP contribution is -2.12. The number of aryl methyl sites for hydroxylation is 1. The third kappa shape index (κ3) is 10.8. The SMILES string of the molecule is CCCCCCCCOc1ccc(-c2cnc(C(=O)Oc3ccc(CCCCCCCC)cc3F)cn2)cc1. The second-order valence-corrected chi connectivity index (χ2v) is 10.1. The molecule has 2 aromatic carbocycles. The van der Waals surface area contributed by atoms with Crippen LogP contribution in [0.5, 0.6) is 11.5 Å². The first-order valence-electron chi connectivity index (χ1n) is 14.7. The van der Waals surface area contributed by atoms with Gasteiger partial charge in [-0.25, -0.2) is 14.2 Å². The zero-order chi connectivity index (χ0) is 27.7. The van der Waals surface area contributed by atoms with Gasteiger partial charge >= 0.3 is 5.97 Å². The van der Waals surface area contributed by atoms with Crippen LogP contribution in [0.3, 0.4) is 0 Å². The first kappa shape index (κ1) is 30.3. The third-order valence-corrected chi connectivity index (χ3v) is 6.80. The van der Waals surface area contributed by atoms with E-state index in [1.54, 1.807) is 0 Å². The Morgan fingerprint density at radius 3 is 2.08 bits per heavy atom. The van der Waals surface area contributed by atoms with Gasteiger partial charge in [-0.15, -0.1) is 0 Å². The molecule has 1 aromatic heterocycles. The number of rotatable bonds is 18. The molecule has 0 aliphatic rings. The van der Waals surface area contributed by atoms with Gasteiger partial charge in [-0.2, -0.15) is 0 Å². The highest BCUT2D eigenvalue weighted by atomic mass is 19.1. The number of ether oxygens (including phenoxy) is 2. The van der Waals surface area contributed by atoms with Crippen molar-refractivity contribution in [3.63, 3.8) is 0 Å². The van der Waals surface area contributed by atoms with Crippen molar-refractivity contribution in [2.24, 2.45) is 0 Å². The molecule has 0 aliphatic heterocycles. The second kappa shape index (κ2) is 17.3. The van der Waals surface area contributed by atoms with E-state index < -0.39 is 11.8 Å². The number of hydrogen-bond acceptors (Lipinski definition) is 5. The minimum Gasteiger partial charge on any atom is -0.494 e. The van der Waals surface area contributed by atoms with Gasteiger partial charge in [-0.1, -0.05) is 84.1 Å². The molecule has 0 radical (unpaired) electrons. The van der Waals surface area contributed by atoms with Crippen molar-refractivity contribution in [1.29, 1.82) is 0 Å². The molecule has 0 N–H and O–H groups in total. The van der Waals surface area contributed by atoms with E-state index in [0.29, 0.717) is 12.3 Å². The van der Waals surface area contributed by atoms with Gasteiger partial charge in [-0.05, 0) is 61.2 Å². The number of aromatic nitrogens is 2. The Morgan fingerprint density at radius 1 is 0.769 bits per heavy atom. The molecule has 210 valence electrons. The molecule has 0 unspecified atom stereocenters. The molecule has 0 spiro atoms. The first-order chi connectivity index (χ1) is 19.1. The molecule has 6 heteroatoms. The molecule has 0 aliphatic carbocycles. The Morgan fingerprint density at radius 2 is 1.44 bits per heavy atom. The lowest BCUT2D eigenvalue weighted by molar-refractivity contribution is 0.0721. The quantitative estimate of drug-likeness (QED) is 0.0925. The molecular formula is C33H43FN2O3. The highest BCUT2D eigenvalue weighted by Gasteiger charge is 2.15. The number of hydrogen-bond donors (Lipinski definition) is 0. The van der Waals surface area contributed by atoms with Crippen LogP contribution in [0.4, 0.5) is 4.39 Å². The van der Waals surface area contributed by atoms with E-state index in [1.165, 1.54) is 82.3 Å². The molecular weight excluding hydrogens is 491 g/mol. The molecule has 0 bridgehead atoms. The molecule has 1 heterocycles. The van der Waals surface area contributed by atoms with Crippen LogP contribution in [0, 0.1) is 5.82 Å². The fourth-order valence-corrected chi connectivity index (χ4v) is 4.42. The lowest BCUT2D eigenvalue weighted by atomic mass is 10.0. The zero-order valence-electron chi connectivity index (χ0n) is 23.6. The van der Waals surface area contributed by atoms with Gasteiger partial charge in [0.15, 0.2) is 17.3 Å². The molecule has 0 saturated carbocycles. The number of nitrogens with zero attached hydrogens (tertiary/aromatic N) is 2. The summed E-state index contributed by atoms with van der Waals surface area (Å²) in [5.41, 5.74) is 2.42. The maximum atomic E-state index is 14.6. The minimum atomic E-state index is -0.741. The number of carbonyl (C=O) groups excluding carboxylic acids is 1. The Hall–Kier alpha value is -3.28. The average Bonchev–Trinajstić information content (AvgIpc) is 2.96. The van der Waals surface area contributed by atoms with E-state index >= 15 is 0 Å². The summed E-state index contributed by atoms with van der Waals surface area (Å²) in [6.07, 6.45) is 18.2. The standard InChI is InChI=1S/C33H43FN2O3/c1-3-5-7-9-11-13-15-26-16-21-32(29(34)23-26)39-33(37)31-25-35-30(24-36-31)27-17-19-28(20-18-27)38-22-14-12-10-8-6-4-2/h16-21,23-25H,3-15,22H2,1-2H3. The predicted octanol–water partition coefficient (Wildman–Crippen LogP) is 9.14. The number of halogens is 1. The zero-order valence-corrected chi connectivity index (χ0v) is 23.6. The van der Waals surface area contributed by atoms with E-state index in [9.17, 15) is 9.18 Å². The summed E-state index contributed by atoms with van der Waals surface area (Å²) >= 11 is 0. The van der Waals surface area contributed by atoms with Crippen molar-refractivity contribution >= 4 is 5.97 Å². The van der Waals surface area contributed by atoms with Crippen molar-refractivity contribution in [1.82, 2.24) is 9.97 Å². The smallest absolute Gasteiger partial charge is 0.364 e. The van der Waals surface area contributed by atoms with E-state index in [2.05, 4.69) is 23.8 Å². The van der Waals surface area contributed by atoms with Crippen molar-refractivity contribution in [3.8, 4) is 22.8 Å². The Kier molecular flexibility index (Phi) is 13.5. The van der Waals surface area contributed by atoms with Crippen molar-refractivity contribution in [2.75, 3.05) is 6.61 Å². The van der Waals surface area contributed by atoms with Gasteiger partial charge in [0.25, 0.3) is 0 Å². The van der Waals surface area contributed by atoms with Crippen molar-refractivity contribution < 1.29 is 18.7 Å². The van der Waals surface area contributed by atoms with Gasteiger partial charge in [0.1, 0.15) is 5.75 Å². The van der Waals surface area contributed by atoms with Crippen LogP contribution in [0.1, 0.15) is 107 Å². The lowest BCUT2D eigenvalue weighted by Gasteiger charge is -2.08. The summed E-state index contributed by atoms with van der Waals surface area (Å²) in [4.78, 5) is 21.1. The predicted molar refractivity (Wildman–Crippen MR) is 155 cm³/mol. The molecule has 0 atom stereocenters. The van der Waals surface area contributed by atoms with Crippen LogP contribution in [-0.2, 0) is 6.42 Å². The molecule has 39 heavy (non-hydrogen) atoms. The Balaban J connectivity index is 1.45. The summed E-state index contributed by atoms with van der Waals surface area (Å²) in [6.45, 7) is 5.14. The van der Waals surface area contributed by atoms with Crippen LogP contribution in [0.15, 0.2) is 54.9 Å². The van der Waals surface area contributed by atoms with Gasteiger partial charge < -0.3 is 9.47 Å². The largest absolute Gasteiger partial charge is 0.494 e. The highest BCUT2D eigenvalue weighted by Crippen LogP contribution is 2.23. The molecule has 5 nitrogen and oxygen atoms in total. The van der Waals surface area contributed by atoms with Crippen LogP contribution >= 0.6 is 0 Å². The molecule has 0 amide bonds. The van der Waals surface area contributed by atoms with Crippen LogP contribution in [0.2, 0.25) is 0 Å². The van der Waals surface area contributed by atoms with Crippen LogP contribution in [-0.4, -0.2) is 22.5 Å². The van der Waals surface area contributed by atoms with E-state index in [1.807, 2.05) is 30.3 Å². The fraction of sp³-hybridized carbons (Fsp3) is 0.485. The summed E-state index contributed by atoms with van der Waals surface area (Å²) in [7, 11) is 0. The van der Waals surface area contributed by atoms with E-state index in [-0.39, 0.29) is 11.4 Å². The number of carbonyl (C=O) groups is 1. The van der Waals surface area contributed by atoms with E-state index in [0.717, 1.165) is 42.6 Å². The third-order valence-electron chi connectivity index (χ3n) is 6.80.